The molecular weight excluding hydrogens is 388 g/mol. The molecule has 3 amide bonds. The lowest BCUT2D eigenvalue weighted by Gasteiger charge is -2.33. The van der Waals surface area contributed by atoms with E-state index in [4.69, 9.17) is 11.6 Å². The summed E-state index contributed by atoms with van der Waals surface area (Å²) in [6, 6.07) is 12.3. The normalized spacial score (nSPS) is 21.2. The summed E-state index contributed by atoms with van der Waals surface area (Å²) < 4.78 is 0. The summed E-state index contributed by atoms with van der Waals surface area (Å²) in [5.74, 6) is -0.893. The fourth-order valence-corrected chi connectivity index (χ4v) is 4.55. The van der Waals surface area contributed by atoms with Crippen molar-refractivity contribution < 1.29 is 14.4 Å². The maximum absolute atomic E-state index is 13.1. The van der Waals surface area contributed by atoms with Gasteiger partial charge in [-0.3, -0.25) is 19.3 Å². The summed E-state index contributed by atoms with van der Waals surface area (Å²) in [6.45, 7) is 2.15. The molecule has 2 aromatic carbocycles. The highest BCUT2D eigenvalue weighted by Crippen LogP contribution is 2.34. The van der Waals surface area contributed by atoms with E-state index in [0.29, 0.717) is 21.8 Å². The first-order valence-electron chi connectivity index (χ1n) is 9.98. The predicted molar refractivity (Wildman–Crippen MR) is 112 cm³/mol. The van der Waals surface area contributed by atoms with Crippen LogP contribution in [-0.4, -0.2) is 29.2 Å². The number of hydrogen-bond donors (Lipinski definition) is 1. The van der Waals surface area contributed by atoms with Crippen molar-refractivity contribution in [3.05, 3.63) is 64.2 Å². The minimum Gasteiger partial charge on any atom is -0.326 e. The average Bonchev–Trinajstić information content (AvgIpc) is 2.97. The monoisotopic (exact) mass is 410 g/mol. The zero-order chi connectivity index (χ0) is 20.5. The number of halogens is 1. The van der Waals surface area contributed by atoms with Gasteiger partial charge in [0, 0.05) is 23.2 Å². The van der Waals surface area contributed by atoms with Crippen LogP contribution in [0, 0.1) is 18.8 Å². The van der Waals surface area contributed by atoms with Crippen molar-refractivity contribution in [3.63, 3.8) is 0 Å². The Bertz CT molecular complexity index is 953. The third-order valence-corrected chi connectivity index (χ3v) is 6.48. The SMILES string of the molecule is Cc1c(Cl)cccc1NC(=O)C1CCCCC1CN1C(=O)c2ccccc2C1=O. The second-order valence-corrected chi connectivity index (χ2v) is 8.23. The Balaban J connectivity index is 1.51. The van der Waals surface area contributed by atoms with Gasteiger partial charge in [0.05, 0.1) is 11.1 Å². The Morgan fingerprint density at radius 2 is 1.69 bits per heavy atom. The minimum absolute atomic E-state index is 0.0505. The number of nitrogens with one attached hydrogen (secondary N) is 1. The standard InChI is InChI=1S/C23H23ClN2O3/c1-14-19(24)11-6-12-20(14)25-21(27)16-8-3-2-7-15(16)13-26-22(28)17-9-4-5-10-18(17)23(26)29/h4-6,9-12,15-16H,2-3,7-8,13H2,1H3,(H,25,27). The van der Waals surface area contributed by atoms with E-state index in [-0.39, 0.29) is 36.1 Å². The van der Waals surface area contributed by atoms with Gasteiger partial charge in [-0.2, -0.15) is 0 Å². The first kappa shape index (κ1) is 19.6. The molecule has 0 saturated heterocycles. The van der Waals surface area contributed by atoms with Crippen LogP contribution in [0.3, 0.4) is 0 Å². The van der Waals surface area contributed by atoms with Crippen molar-refractivity contribution in [1.82, 2.24) is 4.90 Å². The lowest BCUT2D eigenvalue weighted by Crippen LogP contribution is -2.41. The van der Waals surface area contributed by atoms with Crippen LogP contribution in [0.2, 0.25) is 5.02 Å². The van der Waals surface area contributed by atoms with Crippen molar-refractivity contribution in [3.8, 4) is 0 Å². The summed E-state index contributed by atoms with van der Waals surface area (Å²) in [5.41, 5.74) is 2.43. The summed E-state index contributed by atoms with van der Waals surface area (Å²) >= 11 is 6.17. The molecule has 1 aliphatic carbocycles. The number of benzene rings is 2. The number of rotatable bonds is 4. The number of anilines is 1. The summed E-state index contributed by atoms with van der Waals surface area (Å²) in [4.78, 5) is 39.8. The van der Waals surface area contributed by atoms with Gasteiger partial charge in [-0.25, -0.2) is 0 Å². The maximum Gasteiger partial charge on any atom is 0.261 e. The molecule has 1 fully saturated rings. The molecule has 1 saturated carbocycles. The second kappa shape index (κ2) is 7.99. The van der Waals surface area contributed by atoms with E-state index >= 15 is 0 Å². The molecule has 2 aliphatic rings. The van der Waals surface area contributed by atoms with Crippen molar-refractivity contribution >= 4 is 35.0 Å². The molecule has 1 heterocycles. The van der Waals surface area contributed by atoms with E-state index in [2.05, 4.69) is 5.32 Å². The van der Waals surface area contributed by atoms with Crippen molar-refractivity contribution in [1.29, 1.82) is 0 Å². The van der Waals surface area contributed by atoms with E-state index in [9.17, 15) is 14.4 Å². The van der Waals surface area contributed by atoms with Gasteiger partial charge in [-0.05, 0) is 55.5 Å². The van der Waals surface area contributed by atoms with E-state index in [0.717, 1.165) is 31.2 Å². The highest BCUT2D eigenvalue weighted by Gasteiger charge is 2.40. The highest BCUT2D eigenvalue weighted by molar-refractivity contribution is 6.31. The zero-order valence-electron chi connectivity index (χ0n) is 16.3. The van der Waals surface area contributed by atoms with Crippen LogP contribution in [0.15, 0.2) is 42.5 Å². The first-order valence-corrected chi connectivity index (χ1v) is 10.4. The van der Waals surface area contributed by atoms with Gasteiger partial charge in [-0.1, -0.05) is 42.6 Å². The first-order chi connectivity index (χ1) is 14.0. The number of carbonyl (C=O) groups excluding carboxylic acids is 3. The third-order valence-electron chi connectivity index (χ3n) is 6.07. The zero-order valence-corrected chi connectivity index (χ0v) is 17.0. The Morgan fingerprint density at radius 3 is 2.38 bits per heavy atom. The summed E-state index contributed by atoms with van der Waals surface area (Å²) in [6.07, 6.45) is 3.53. The van der Waals surface area contributed by atoms with Crippen molar-refractivity contribution in [2.24, 2.45) is 11.8 Å². The van der Waals surface area contributed by atoms with Crippen LogP contribution >= 0.6 is 11.6 Å². The van der Waals surface area contributed by atoms with Gasteiger partial charge < -0.3 is 5.32 Å². The van der Waals surface area contributed by atoms with Gasteiger partial charge in [0.1, 0.15) is 0 Å². The number of nitrogens with zero attached hydrogens (tertiary/aromatic N) is 1. The molecule has 29 heavy (non-hydrogen) atoms. The van der Waals surface area contributed by atoms with E-state index < -0.39 is 0 Å². The van der Waals surface area contributed by atoms with Gasteiger partial charge in [0.15, 0.2) is 0 Å². The smallest absolute Gasteiger partial charge is 0.261 e. The lowest BCUT2D eigenvalue weighted by molar-refractivity contribution is -0.122. The summed E-state index contributed by atoms with van der Waals surface area (Å²) in [5, 5.41) is 3.61. The molecule has 2 aromatic rings. The molecule has 0 spiro atoms. The van der Waals surface area contributed by atoms with E-state index in [1.54, 1.807) is 30.3 Å². The minimum atomic E-state index is -0.263. The van der Waals surface area contributed by atoms with Crippen LogP contribution in [0.25, 0.3) is 0 Å². The summed E-state index contributed by atoms with van der Waals surface area (Å²) in [7, 11) is 0. The lowest BCUT2D eigenvalue weighted by atomic mass is 9.78. The van der Waals surface area contributed by atoms with Gasteiger partial charge in [-0.15, -0.1) is 0 Å². The number of amides is 3. The molecule has 1 aliphatic heterocycles. The van der Waals surface area contributed by atoms with E-state index in [1.165, 1.54) is 4.90 Å². The van der Waals surface area contributed by atoms with Crippen molar-refractivity contribution in [2.75, 3.05) is 11.9 Å². The predicted octanol–water partition coefficient (Wildman–Crippen LogP) is 4.69. The molecule has 1 N–H and O–H groups in total. The van der Waals surface area contributed by atoms with E-state index in [1.807, 2.05) is 19.1 Å². The van der Waals surface area contributed by atoms with Crippen molar-refractivity contribution in [2.45, 2.75) is 32.6 Å². The molecule has 150 valence electrons. The fraction of sp³-hybridized carbons (Fsp3) is 0.348. The molecule has 6 heteroatoms. The van der Waals surface area contributed by atoms with Crippen LogP contribution in [-0.2, 0) is 4.79 Å². The van der Waals surface area contributed by atoms with Crippen LogP contribution in [0.1, 0.15) is 52.0 Å². The molecular formula is C23H23ClN2O3. The Hall–Kier alpha value is -2.66. The highest BCUT2D eigenvalue weighted by atomic mass is 35.5. The quantitative estimate of drug-likeness (QED) is 0.743. The maximum atomic E-state index is 13.1. The van der Waals surface area contributed by atoms with Crippen LogP contribution in [0.5, 0.6) is 0 Å². The van der Waals surface area contributed by atoms with Gasteiger partial charge >= 0.3 is 0 Å². The fourth-order valence-electron chi connectivity index (χ4n) is 4.38. The molecule has 2 atom stereocenters. The Morgan fingerprint density at radius 1 is 1.03 bits per heavy atom. The number of hydrogen-bond acceptors (Lipinski definition) is 3. The number of imide groups is 1. The Labute approximate surface area is 175 Å². The molecule has 2 unspecified atom stereocenters. The van der Waals surface area contributed by atoms with Crippen LogP contribution in [0.4, 0.5) is 5.69 Å². The van der Waals surface area contributed by atoms with Crippen LogP contribution < -0.4 is 5.32 Å². The third kappa shape index (κ3) is 3.67. The number of fused-ring (bicyclic) bond motifs is 1. The average molecular weight is 411 g/mol. The topological polar surface area (TPSA) is 66.5 Å². The largest absolute Gasteiger partial charge is 0.326 e. The van der Waals surface area contributed by atoms with Gasteiger partial charge in [0.2, 0.25) is 5.91 Å². The molecule has 0 aromatic heterocycles. The molecule has 4 rings (SSSR count). The molecule has 5 nitrogen and oxygen atoms in total. The second-order valence-electron chi connectivity index (χ2n) is 7.82. The number of carbonyl (C=O) groups is 3. The molecule has 0 bridgehead atoms. The molecule has 0 radical (unpaired) electrons. The van der Waals surface area contributed by atoms with Gasteiger partial charge in [0.25, 0.3) is 11.8 Å². The Kier molecular flexibility index (Phi) is 5.41.